The topological polar surface area (TPSA) is 85.0 Å². The number of morpholine rings is 1. The molecule has 1 saturated heterocycles. The molecule has 17 heavy (non-hydrogen) atoms. The number of nitroso groups, excluding NO2 is 1. The number of anilines is 1. The molecule has 90 valence electrons. The van der Waals surface area contributed by atoms with Crippen LogP contribution >= 0.6 is 0 Å². The van der Waals surface area contributed by atoms with Gasteiger partial charge in [0.2, 0.25) is 0 Å². The third-order valence-corrected chi connectivity index (χ3v) is 2.65. The highest BCUT2D eigenvalue weighted by atomic mass is 16.5. The Morgan fingerprint density at radius 2 is 2.06 bits per heavy atom. The highest BCUT2D eigenvalue weighted by Gasteiger charge is 2.21. The summed E-state index contributed by atoms with van der Waals surface area (Å²) >= 11 is 0. The molecule has 0 unspecified atom stereocenters. The highest BCUT2D eigenvalue weighted by Crippen LogP contribution is 2.23. The first-order valence-corrected chi connectivity index (χ1v) is 5.32. The average molecular weight is 235 g/mol. The van der Waals surface area contributed by atoms with Crippen molar-refractivity contribution in [2.24, 2.45) is 5.18 Å². The molecular formula is C11H13N3O3. The maximum absolute atomic E-state index is 12.1. The van der Waals surface area contributed by atoms with E-state index in [2.05, 4.69) is 5.18 Å². The highest BCUT2D eigenvalue weighted by molar-refractivity contribution is 5.99. The van der Waals surface area contributed by atoms with Crippen LogP contribution in [-0.2, 0) is 4.74 Å². The summed E-state index contributed by atoms with van der Waals surface area (Å²) in [6, 6.07) is 4.52. The predicted octanol–water partition coefficient (Wildman–Crippen LogP) is 1.14. The summed E-state index contributed by atoms with van der Waals surface area (Å²) in [5.74, 6) is -0.206. The van der Waals surface area contributed by atoms with Crippen LogP contribution in [-0.4, -0.2) is 37.1 Å². The van der Waals surface area contributed by atoms with Gasteiger partial charge in [0.15, 0.2) is 0 Å². The zero-order valence-corrected chi connectivity index (χ0v) is 9.26. The number of benzene rings is 1. The molecule has 1 heterocycles. The van der Waals surface area contributed by atoms with Gasteiger partial charge in [-0.25, -0.2) is 0 Å². The van der Waals surface area contributed by atoms with E-state index in [9.17, 15) is 9.70 Å². The summed E-state index contributed by atoms with van der Waals surface area (Å²) in [7, 11) is 0. The molecule has 0 aromatic heterocycles. The first kappa shape index (κ1) is 11.5. The van der Waals surface area contributed by atoms with Gasteiger partial charge in [-0.2, -0.15) is 0 Å². The lowest BCUT2D eigenvalue weighted by Gasteiger charge is -2.27. The Morgan fingerprint density at radius 1 is 1.35 bits per heavy atom. The molecule has 6 heteroatoms. The molecule has 2 rings (SSSR count). The quantitative estimate of drug-likeness (QED) is 0.615. The number of amides is 1. The molecule has 0 aliphatic carbocycles. The molecule has 6 nitrogen and oxygen atoms in total. The third-order valence-electron chi connectivity index (χ3n) is 2.65. The number of carbonyl (C=O) groups is 1. The first-order valence-electron chi connectivity index (χ1n) is 5.32. The van der Waals surface area contributed by atoms with E-state index in [0.29, 0.717) is 32.0 Å². The van der Waals surface area contributed by atoms with Gasteiger partial charge >= 0.3 is 0 Å². The molecule has 0 spiro atoms. The molecule has 1 aliphatic heterocycles. The molecule has 1 aliphatic rings. The number of carbonyl (C=O) groups excluding carboxylic acids is 1. The Labute approximate surface area is 98.3 Å². The van der Waals surface area contributed by atoms with Gasteiger partial charge in [0.1, 0.15) is 5.69 Å². The van der Waals surface area contributed by atoms with Crippen molar-refractivity contribution >= 4 is 17.3 Å². The molecule has 0 saturated carbocycles. The predicted molar refractivity (Wildman–Crippen MR) is 63.0 cm³/mol. The minimum Gasteiger partial charge on any atom is -0.399 e. The van der Waals surface area contributed by atoms with E-state index in [1.807, 2.05) is 0 Å². The van der Waals surface area contributed by atoms with Gasteiger partial charge in [0, 0.05) is 18.8 Å². The van der Waals surface area contributed by atoms with E-state index in [4.69, 9.17) is 10.5 Å². The number of nitrogens with two attached hydrogens (primary N) is 1. The van der Waals surface area contributed by atoms with Crippen LogP contribution in [0.25, 0.3) is 0 Å². The smallest absolute Gasteiger partial charge is 0.256 e. The molecule has 1 fully saturated rings. The average Bonchev–Trinajstić information content (AvgIpc) is 2.39. The Hall–Kier alpha value is -1.95. The Kier molecular flexibility index (Phi) is 3.34. The molecule has 0 bridgehead atoms. The van der Waals surface area contributed by atoms with Gasteiger partial charge in [-0.05, 0) is 23.4 Å². The fraction of sp³-hybridized carbons (Fsp3) is 0.364. The lowest BCUT2D eigenvalue weighted by atomic mass is 10.1. The minimum atomic E-state index is -0.206. The summed E-state index contributed by atoms with van der Waals surface area (Å²) in [6.45, 7) is 2.10. The van der Waals surface area contributed by atoms with Crippen molar-refractivity contribution in [3.63, 3.8) is 0 Å². The molecule has 1 amide bonds. The van der Waals surface area contributed by atoms with Crippen LogP contribution in [0.5, 0.6) is 0 Å². The molecular weight excluding hydrogens is 222 g/mol. The van der Waals surface area contributed by atoms with Crippen LogP contribution in [0.3, 0.4) is 0 Å². The number of ether oxygens (including phenoxy) is 1. The van der Waals surface area contributed by atoms with Crippen LogP contribution in [0.2, 0.25) is 0 Å². The Morgan fingerprint density at radius 3 is 2.71 bits per heavy atom. The van der Waals surface area contributed by atoms with E-state index >= 15 is 0 Å². The van der Waals surface area contributed by atoms with Gasteiger partial charge in [-0.15, -0.1) is 4.91 Å². The van der Waals surface area contributed by atoms with E-state index < -0.39 is 0 Å². The maximum atomic E-state index is 12.1. The standard InChI is InChI=1S/C11H13N3O3/c12-8-1-2-9(10(7-8)13-16)11(15)14-3-5-17-6-4-14/h1-2,7H,3-6,12H2. The Balaban J connectivity index is 2.26. The van der Waals surface area contributed by atoms with E-state index in [0.717, 1.165) is 0 Å². The van der Waals surface area contributed by atoms with E-state index in [-0.39, 0.29) is 17.2 Å². The number of rotatable bonds is 2. The number of nitrogen functional groups attached to an aromatic ring is 1. The number of hydrogen-bond acceptors (Lipinski definition) is 5. The molecule has 2 N–H and O–H groups in total. The second-order valence-corrected chi connectivity index (χ2v) is 3.77. The summed E-state index contributed by atoms with van der Waals surface area (Å²) < 4.78 is 5.16. The number of nitrogens with zero attached hydrogens (tertiary/aromatic N) is 2. The summed E-state index contributed by atoms with van der Waals surface area (Å²) in [5, 5.41) is 2.84. The second-order valence-electron chi connectivity index (χ2n) is 3.77. The first-order chi connectivity index (χ1) is 8.22. The van der Waals surface area contributed by atoms with Crippen LogP contribution in [0.15, 0.2) is 23.4 Å². The fourth-order valence-electron chi connectivity index (χ4n) is 1.74. The third kappa shape index (κ3) is 2.42. The maximum Gasteiger partial charge on any atom is 0.256 e. The molecule has 0 radical (unpaired) electrons. The van der Waals surface area contributed by atoms with Crippen LogP contribution in [0.4, 0.5) is 11.4 Å². The SMILES string of the molecule is Nc1ccc(C(=O)N2CCOCC2)c(N=O)c1. The van der Waals surface area contributed by atoms with Crippen molar-refractivity contribution < 1.29 is 9.53 Å². The van der Waals surface area contributed by atoms with Crippen LogP contribution in [0.1, 0.15) is 10.4 Å². The van der Waals surface area contributed by atoms with Crippen molar-refractivity contribution in [1.29, 1.82) is 0 Å². The molecule has 1 aromatic rings. The van der Waals surface area contributed by atoms with Gasteiger partial charge in [0.25, 0.3) is 5.91 Å². The van der Waals surface area contributed by atoms with Crippen molar-refractivity contribution in [2.45, 2.75) is 0 Å². The zero-order valence-electron chi connectivity index (χ0n) is 9.26. The number of hydrogen-bond donors (Lipinski definition) is 1. The summed E-state index contributed by atoms with van der Waals surface area (Å²) in [4.78, 5) is 24.4. The fourth-order valence-corrected chi connectivity index (χ4v) is 1.74. The molecule has 1 aromatic carbocycles. The minimum absolute atomic E-state index is 0.0847. The largest absolute Gasteiger partial charge is 0.399 e. The van der Waals surface area contributed by atoms with Crippen LogP contribution in [0, 0.1) is 4.91 Å². The van der Waals surface area contributed by atoms with Gasteiger partial charge in [0.05, 0.1) is 18.8 Å². The van der Waals surface area contributed by atoms with Crippen molar-refractivity contribution in [2.75, 3.05) is 32.0 Å². The van der Waals surface area contributed by atoms with Crippen molar-refractivity contribution in [3.8, 4) is 0 Å². The second kappa shape index (κ2) is 4.92. The zero-order chi connectivity index (χ0) is 12.3. The Bertz CT molecular complexity index is 442. The van der Waals surface area contributed by atoms with E-state index in [1.54, 1.807) is 11.0 Å². The lowest BCUT2D eigenvalue weighted by Crippen LogP contribution is -2.40. The van der Waals surface area contributed by atoms with Gasteiger partial charge in [-0.1, -0.05) is 0 Å². The van der Waals surface area contributed by atoms with Gasteiger partial charge in [-0.3, -0.25) is 4.79 Å². The summed E-state index contributed by atoms with van der Waals surface area (Å²) in [5.41, 5.74) is 6.33. The summed E-state index contributed by atoms with van der Waals surface area (Å²) in [6.07, 6.45) is 0. The van der Waals surface area contributed by atoms with Gasteiger partial charge < -0.3 is 15.4 Å². The van der Waals surface area contributed by atoms with Crippen LogP contribution < -0.4 is 5.73 Å². The van der Waals surface area contributed by atoms with Crippen molar-refractivity contribution in [1.82, 2.24) is 4.90 Å². The van der Waals surface area contributed by atoms with E-state index in [1.165, 1.54) is 12.1 Å². The molecule has 0 atom stereocenters. The van der Waals surface area contributed by atoms with Crippen molar-refractivity contribution in [3.05, 3.63) is 28.7 Å². The lowest BCUT2D eigenvalue weighted by molar-refractivity contribution is 0.0303. The normalized spacial score (nSPS) is 15.6. The monoisotopic (exact) mass is 235 g/mol.